The van der Waals surface area contributed by atoms with Gasteiger partial charge < -0.3 is 10.1 Å². The van der Waals surface area contributed by atoms with Crippen LogP contribution in [0.2, 0.25) is 0 Å². The lowest BCUT2D eigenvalue weighted by atomic mass is 10.1. The fourth-order valence-electron chi connectivity index (χ4n) is 1.41. The first kappa shape index (κ1) is 6.57. The minimum atomic E-state index is -1.39. The van der Waals surface area contributed by atoms with Crippen molar-refractivity contribution in [3.8, 4) is 0 Å². The average molecular weight is 179 g/mol. The zero-order valence-corrected chi connectivity index (χ0v) is 7.71. The molecule has 1 atom stereocenters. The summed E-state index contributed by atoms with van der Waals surface area (Å²) in [6.07, 6.45) is -0.0329. The predicted molar refractivity (Wildman–Crippen MR) is 52.7 cm³/mol. The number of rotatable bonds is 1. The quantitative estimate of drug-likeness (QED) is 0.708. The molecule has 0 bridgehead atoms. The number of hydrogen-bond acceptors (Lipinski definition) is 2. The van der Waals surface area contributed by atoms with Crippen LogP contribution in [-0.4, -0.2) is 19.6 Å². The molecule has 0 amide bonds. The predicted octanol–water partition coefficient (Wildman–Crippen LogP) is 1.66. The minimum Gasteiger partial charge on any atom is -0.371 e. The van der Waals surface area contributed by atoms with Crippen LogP contribution in [0.4, 0.5) is 0 Å². The highest BCUT2D eigenvalue weighted by atomic mass is 16.5. The zero-order valence-electron chi connectivity index (χ0n) is 9.71. The van der Waals surface area contributed by atoms with E-state index in [4.69, 9.17) is 7.48 Å². The van der Waals surface area contributed by atoms with Crippen LogP contribution in [-0.2, 0) is 4.74 Å². The first-order valence-electron chi connectivity index (χ1n) is 5.50. The van der Waals surface area contributed by atoms with Crippen LogP contribution in [0.3, 0.4) is 0 Å². The highest BCUT2D eigenvalue weighted by Crippen LogP contribution is 2.18. The molecule has 1 saturated heterocycles. The minimum absolute atomic E-state index is 0.0329. The van der Waals surface area contributed by atoms with Gasteiger partial charge in [0.2, 0.25) is 0 Å². The summed E-state index contributed by atoms with van der Waals surface area (Å²) in [5.41, 5.74) is 2.32. The average Bonchev–Trinajstić information content (AvgIpc) is 2.20. The fourth-order valence-corrected chi connectivity index (χ4v) is 1.41. The van der Waals surface area contributed by atoms with E-state index >= 15 is 0 Å². The summed E-state index contributed by atoms with van der Waals surface area (Å²) in [5, 5.41) is 2.83. The number of ether oxygens (including phenoxy) is 1. The van der Waals surface area contributed by atoms with Crippen LogP contribution >= 0.6 is 0 Å². The Bertz CT molecular complexity index is 327. The molecule has 0 saturated carbocycles. The Morgan fingerprint density at radius 2 is 2.23 bits per heavy atom. The van der Waals surface area contributed by atoms with Crippen molar-refractivity contribution in [2.75, 3.05) is 19.6 Å². The van der Waals surface area contributed by atoms with Gasteiger partial charge in [0.15, 0.2) is 0 Å². The summed E-state index contributed by atoms with van der Waals surface area (Å²) in [7, 11) is 0. The van der Waals surface area contributed by atoms with E-state index in [1.54, 1.807) is 0 Å². The summed E-state index contributed by atoms with van der Waals surface area (Å²) in [6.45, 7) is 1.28. The van der Waals surface area contributed by atoms with Gasteiger partial charge in [-0.15, -0.1) is 0 Å². The molecule has 2 nitrogen and oxygen atoms in total. The van der Waals surface area contributed by atoms with Crippen molar-refractivity contribution < 1.29 is 7.48 Å². The van der Waals surface area contributed by atoms with Gasteiger partial charge in [-0.1, -0.05) is 29.8 Å². The summed E-state index contributed by atoms with van der Waals surface area (Å²) in [6, 6.07) is 8.15. The smallest absolute Gasteiger partial charge is 0.0949 e. The number of nitrogens with one attached hydrogen (secondary N) is 1. The third-order valence-corrected chi connectivity index (χ3v) is 2.22. The first-order chi connectivity index (χ1) is 7.07. The fraction of sp³-hybridized carbons (Fsp3) is 0.455. The molecule has 0 aromatic heterocycles. The highest BCUT2D eigenvalue weighted by Gasteiger charge is 2.14. The van der Waals surface area contributed by atoms with E-state index in [1.165, 1.54) is 5.56 Å². The lowest BCUT2D eigenvalue weighted by molar-refractivity contribution is 0.0277. The Hall–Kier alpha value is -0.860. The zero-order chi connectivity index (χ0) is 10.9. The second-order valence-electron chi connectivity index (χ2n) is 3.27. The Morgan fingerprint density at radius 1 is 1.46 bits per heavy atom. The molecule has 1 fully saturated rings. The Labute approximate surface area is 81.7 Å². The van der Waals surface area contributed by atoms with Gasteiger partial charge in [0.25, 0.3) is 0 Å². The lowest BCUT2D eigenvalue weighted by Gasteiger charge is -2.23. The van der Waals surface area contributed by atoms with Crippen LogP contribution in [0, 0.1) is 6.92 Å². The van der Waals surface area contributed by atoms with E-state index in [0.717, 1.165) is 5.56 Å². The summed E-state index contributed by atoms with van der Waals surface area (Å²) >= 11 is 0. The van der Waals surface area contributed by atoms with E-state index in [0.29, 0.717) is 6.54 Å². The number of hydrogen-bond donors (Lipinski definition) is 1. The Kier molecular flexibility index (Phi) is 1.97. The van der Waals surface area contributed by atoms with Crippen molar-refractivity contribution >= 4 is 0 Å². The van der Waals surface area contributed by atoms with Gasteiger partial charge in [-0.2, -0.15) is 0 Å². The van der Waals surface area contributed by atoms with E-state index < -0.39 is 6.50 Å². The maximum Gasteiger partial charge on any atom is 0.0949 e. The molecule has 2 rings (SSSR count). The Balaban J connectivity index is 2.04. The largest absolute Gasteiger partial charge is 0.371 e. The monoisotopic (exact) mass is 179 g/mol. The standard InChI is InChI=1S/C11H15NO/c1-9-2-4-10(5-3-9)11-8-12-6-7-13-11/h2-5,11-12H,6-8H2,1H3/t11-/m1/s1/i6D2. The number of benzene rings is 1. The summed E-state index contributed by atoms with van der Waals surface area (Å²) in [5.74, 6) is 0. The van der Waals surface area contributed by atoms with Gasteiger partial charge in [-0.25, -0.2) is 0 Å². The molecule has 0 unspecified atom stereocenters. The maximum atomic E-state index is 7.44. The molecule has 1 aliphatic rings. The second-order valence-corrected chi connectivity index (χ2v) is 3.27. The molecule has 0 radical (unpaired) electrons. The van der Waals surface area contributed by atoms with Gasteiger partial charge in [-0.3, -0.25) is 0 Å². The highest BCUT2D eigenvalue weighted by molar-refractivity contribution is 5.23. The van der Waals surface area contributed by atoms with Crippen molar-refractivity contribution in [2.24, 2.45) is 0 Å². The number of morpholine rings is 1. The Morgan fingerprint density at radius 3 is 2.85 bits per heavy atom. The second kappa shape index (κ2) is 3.90. The van der Waals surface area contributed by atoms with Crippen LogP contribution in [0.15, 0.2) is 24.3 Å². The van der Waals surface area contributed by atoms with Crippen molar-refractivity contribution in [3.63, 3.8) is 0 Å². The van der Waals surface area contributed by atoms with E-state index in [-0.39, 0.29) is 12.7 Å². The molecular formula is C11H15NO. The lowest BCUT2D eigenvalue weighted by Crippen LogP contribution is -2.33. The van der Waals surface area contributed by atoms with Crippen LogP contribution in [0.5, 0.6) is 0 Å². The van der Waals surface area contributed by atoms with Crippen molar-refractivity contribution in [3.05, 3.63) is 35.4 Å². The molecule has 0 aliphatic carbocycles. The van der Waals surface area contributed by atoms with Crippen molar-refractivity contribution in [1.29, 1.82) is 0 Å². The molecule has 1 aromatic rings. The summed E-state index contributed by atoms with van der Waals surface area (Å²) in [4.78, 5) is 0. The molecule has 1 aliphatic heterocycles. The van der Waals surface area contributed by atoms with Gasteiger partial charge in [-0.05, 0) is 12.5 Å². The maximum absolute atomic E-state index is 7.44. The first-order valence-corrected chi connectivity index (χ1v) is 4.50. The normalized spacial score (nSPS) is 29.2. The third kappa shape index (κ3) is 2.08. The van der Waals surface area contributed by atoms with Gasteiger partial charge >= 0.3 is 0 Å². The molecule has 0 spiro atoms. The topological polar surface area (TPSA) is 21.3 Å². The molecule has 70 valence electrons. The van der Waals surface area contributed by atoms with Gasteiger partial charge in [0, 0.05) is 15.8 Å². The van der Waals surface area contributed by atoms with E-state index in [9.17, 15) is 0 Å². The van der Waals surface area contributed by atoms with E-state index in [1.807, 2.05) is 31.2 Å². The molecule has 13 heavy (non-hydrogen) atoms. The third-order valence-electron chi connectivity index (χ3n) is 2.22. The van der Waals surface area contributed by atoms with Crippen molar-refractivity contribution in [2.45, 2.75) is 13.0 Å². The molecule has 2 heteroatoms. The molecule has 1 heterocycles. The molecule has 1 aromatic carbocycles. The SMILES string of the molecule is [2H]C1([2H])CO[C@@H](c2ccc(C)cc2)CN1. The van der Waals surface area contributed by atoms with E-state index in [2.05, 4.69) is 5.32 Å². The number of aryl methyl sites for hydroxylation is 1. The van der Waals surface area contributed by atoms with Gasteiger partial charge in [0.05, 0.1) is 12.7 Å². The molecule has 1 N–H and O–H groups in total. The van der Waals surface area contributed by atoms with Crippen LogP contribution in [0.25, 0.3) is 0 Å². The van der Waals surface area contributed by atoms with Crippen LogP contribution in [0.1, 0.15) is 20.0 Å². The van der Waals surface area contributed by atoms with Gasteiger partial charge in [0.1, 0.15) is 0 Å². The van der Waals surface area contributed by atoms with Crippen LogP contribution < -0.4 is 5.32 Å². The van der Waals surface area contributed by atoms with Crippen molar-refractivity contribution in [1.82, 2.24) is 5.32 Å². The molecular weight excluding hydrogens is 162 g/mol. The summed E-state index contributed by atoms with van der Waals surface area (Å²) < 4.78 is 20.4.